The third-order valence-electron chi connectivity index (χ3n) is 2.46. The van der Waals surface area contributed by atoms with E-state index in [0.717, 1.165) is 17.0 Å². The van der Waals surface area contributed by atoms with E-state index in [1.807, 2.05) is 44.2 Å². The summed E-state index contributed by atoms with van der Waals surface area (Å²) in [7, 11) is 0. The fourth-order valence-corrected chi connectivity index (χ4v) is 1.62. The zero-order valence-corrected chi connectivity index (χ0v) is 10.0. The molecule has 1 heterocycles. The Labute approximate surface area is 100 Å². The Morgan fingerprint density at radius 1 is 1.41 bits per heavy atom. The Bertz CT molecular complexity index is 492. The number of para-hydroxylation sites is 1. The Balaban J connectivity index is 2.08. The van der Waals surface area contributed by atoms with Crippen LogP contribution in [-0.4, -0.2) is 5.16 Å². The molecule has 0 unspecified atom stereocenters. The summed E-state index contributed by atoms with van der Waals surface area (Å²) in [5.41, 5.74) is 7.71. The van der Waals surface area contributed by atoms with Gasteiger partial charge in [-0.2, -0.15) is 0 Å². The summed E-state index contributed by atoms with van der Waals surface area (Å²) in [4.78, 5) is 0. The van der Waals surface area contributed by atoms with Crippen molar-refractivity contribution in [1.82, 2.24) is 5.16 Å². The van der Waals surface area contributed by atoms with E-state index in [2.05, 4.69) is 5.16 Å². The fraction of sp³-hybridized carbons (Fsp3) is 0.308. The average molecular weight is 232 g/mol. The molecule has 0 saturated heterocycles. The van der Waals surface area contributed by atoms with Gasteiger partial charge in [0, 0.05) is 17.7 Å². The van der Waals surface area contributed by atoms with Gasteiger partial charge in [0.25, 0.3) is 0 Å². The molecule has 0 fully saturated rings. The van der Waals surface area contributed by atoms with Crippen molar-refractivity contribution in [3.05, 3.63) is 47.3 Å². The van der Waals surface area contributed by atoms with E-state index in [1.165, 1.54) is 0 Å². The Kier molecular flexibility index (Phi) is 3.44. The van der Waals surface area contributed by atoms with Crippen molar-refractivity contribution in [2.75, 3.05) is 0 Å². The lowest BCUT2D eigenvalue weighted by molar-refractivity contribution is 0.246. The molecule has 1 aromatic carbocycles. The van der Waals surface area contributed by atoms with Crippen molar-refractivity contribution < 1.29 is 9.26 Å². The summed E-state index contributed by atoms with van der Waals surface area (Å²) in [6.07, 6.45) is 0. The standard InChI is InChI=1S/C13H16N2O2/c1-9-7-11(17-15-9)8-16-13-6-4-3-5-12(13)10(2)14/h3-7,10H,8,14H2,1-2H3/t10-/m0/s1. The number of aryl methyl sites for hydroxylation is 1. The van der Waals surface area contributed by atoms with Gasteiger partial charge in [-0.25, -0.2) is 0 Å². The highest BCUT2D eigenvalue weighted by Gasteiger charge is 2.08. The van der Waals surface area contributed by atoms with Gasteiger partial charge >= 0.3 is 0 Å². The molecule has 90 valence electrons. The summed E-state index contributed by atoms with van der Waals surface area (Å²) in [6.45, 7) is 4.17. The number of aromatic nitrogens is 1. The van der Waals surface area contributed by atoms with E-state index in [4.69, 9.17) is 15.0 Å². The Hall–Kier alpha value is -1.81. The second-order valence-electron chi connectivity index (χ2n) is 4.05. The van der Waals surface area contributed by atoms with Gasteiger partial charge in [-0.05, 0) is 19.9 Å². The molecule has 1 aromatic heterocycles. The predicted molar refractivity (Wildman–Crippen MR) is 64.6 cm³/mol. The number of ether oxygens (including phenoxy) is 1. The van der Waals surface area contributed by atoms with E-state index in [1.54, 1.807) is 0 Å². The third-order valence-corrected chi connectivity index (χ3v) is 2.46. The minimum atomic E-state index is -0.0531. The smallest absolute Gasteiger partial charge is 0.174 e. The zero-order valence-electron chi connectivity index (χ0n) is 10.0. The summed E-state index contributed by atoms with van der Waals surface area (Å²) in [5.74, 6) is 1.50. The summed E-state index contributed by atoms with van der Waals surface area (Å²) in [5, 5.41) is 3.81. The van der Waals surface area contributed by atoms with Crippen molar-refractivity contribution in [2.45, 2.75) is 26.5 Å². The van der Waals surface area contributed by atoms with Gasteiger partial charge < -0.3 is 15.0 Å². The van der Waals surface area contributed by atoms with Crippen LogP contribution in [0.2, 0.25) is 0 Å². The highest BCUT2D eigenvalue weighted by Crippen LogP contribution is 2.24. The van der Waals surface area contributed by atoms with E-state index in [9.17, 15) is 0 Å². The van der Waals surface area contributed by atoms with E-state index in [-0.39, 0.29) is 6.04 Å². The van der Waals surface area contributed by atoms with Crippen LogP contribution in [0.15, 0.2) is 34.9 Å². The van der Waals surface area contributed by atoms with E-state index in [0.29, 0.717) is 12.4 Å². The number of nitrogens with two attached hydrogens (primary N) is 1. The number of rotatable bonds is 4. The van der Waals surface area contributed by atoms with Crippen molar-refractivity contribution in [1.29, 1.82) is 0 Å². The third kappa shape index (κ3) is 2.85. The molecule has 1 atom stereocenters. The topological polar surface area (TPSA) is 61.3 Å². The van der Waals surface area contributed by atoms with E-state index < -0.39 is 0 Å². The minimum absolute atomic E-state index is 0.0531. The Morgan fingerprint density at radius 3 is 2.82 bits per heavy atom. The van der Waals surface area contributed by atoms with Crippen LogP contribution in [-0.2, 0) is 6.61 Å². The molecule has 0 spiro atoms. The molecule has 0 radical (unpaired) electrons. The zero-order chi connectivity index (χ0) is 12.3. The molecule has 4 nitrogen and oxygen atoms in total. The lowest BCUT2D eigenvalue weighted by Crippen LogP contribution is -2.07. The normalized spacial score (nSPS) is 12.4. The largest absolute Gasteiger partial charge is 0.485 e. The molecule has 0 aliphatic heterocycles. The maximum absolute atomic E-state index is 5.87. The quantitative estimate of drug-likeness (QED) is 0.880. The van der Waals surface area contributed by atoms with Crippen LogP contribution in [0.5, 0.6) is 5.75 Å². The summed E-state index contributed by atoms with van der Waals surface area (Å²) in [6, 6.07) is 9.54. The monoisotopic (exact) mass is 232 g/mol. The molecule has 17 heavy (non-hydrogen) atoms. The van der Waals surface area contributed by atoms with Crippen molar-refractivity contribution >= 4 is 0 Å². The lowest BCUT2D eigenvalue weighted by Gasteiger charge is -2.12. The van der Waals surface area contributed by atoms with Crippen LogP contribution in [0.4, 0.5) is 0 Å². The summed E-state index contributed by atoms with van der Waals surface area (Å²) < 4.78 is 10.8. The Morgan fingerprint density at radius 2 is 2.18 bits per heavy atom. The van der Waals surface area contributed by atoms with Gasteiger partial charge in [0.2, 0.25) is 0 Å². The second kappa shape index (κ2) is 5.01. The van der Waals surface area contributed by atoms with Crippen LogP contribution in [0, 0.1) is 6.92 Å². The molecular formula is C13H16N2O2. The lowest BCUT2D eigenvalue weighted by atomic mass is 10.1. The number of benzene rings is 1. The van der Waals surface area contributed by atoms with Gasteiger partial charge in [-0.3, -0.25) is 0 Å². The van der Waals surface area contributed by atoms with Gasteiger partial charge in [0.15, 0.2) is 5.76 Å². The van der Waals surface area contributed by atoms with Crippen molar-refractivity contribution in [3.8, 4) is 5.75 Å². The number of hydrogen-bond acceptors (Lipinski definition) is 4. The maximum atomic E-state index is 5.87. The van der Waals surface area contributed by atoms with Crippen LogP contribution >= 0.6 is 0 Å². The molecule has 0 aliphatic carbocycles. The molecule has 2 aromatic rings. The maximum Gasteiger partial charge on any atom is 0.174 e. The first kappa shape index (κ1) is 11.7. The van der Waals surface area contributed by atoms with Crippen LogP contribution in [0.1, 0.15) is 30.0 Å². The van der Waals surface area contributed by atoms with Gasteiger partial charge in [0.1, 0.15) is 12.4 Å². The minimum Gasteiger partial charge on any atom is -0.485 e. The molecule has 4 heteroatoms. The van der Waals surface area contributed by atoms with Gasteiger partial charge in [-0.1, -0.05) is 23.4 Å². The molecule has 0 amide bonds. The molecule has 0 bridgehead atoms. The highest BCUT2D eigenvalue weighted by atomic mass is 16.5. The average Bonchev–Trinajstić information content (AvgIpc) is 2.73. The highest BCUT2D eigenvalue weighted by molar-refractivity contribution is 5.35. The molecule has 0 saturated carbocycles. The van der Waals surface area contributed by atoms with Crippen LogP contribution in [0.3, 0.4) is 0 Å². The first-order valence-corrected chi connectivity index (χ1v) is 5.56. The second-order valence-corrected chi connectivity index (χ2v) is 4.05. The number of hydrogen-bond donors (Lipinski definition) is 1. The van der Waals surface area contributed by atoms with Gasteiger partial charge in [0.05, 0.1) is 5.69 Å². The molecular weight excluding hydrogens is 216 g/mol. The molecule has 2 N–H and O–H groups in total. The predicted octanol–water partition coefficient (Wildman–Crippen LogP) is 2.58. The van der Waals surface area contributed by atoms with Crippen LogP contribution < -0.4 is 10.5 Å². The first-order valence-electron chi connectivity index (χ1n) is 5.56. The fourth-order valence-electron chi connectivity index (χ4n) is 1.62. The van der Waals surface area contributed by atoms with Crippen molar-refractivity contribution in [3.63, 3.8) is 0 Å². The van der Waals surface area contributed by atoms with E-state index >= 15 is 0 Å². The van der Waals surface area contributed by atoms with Crippen molar-refractivity contribution in [2.24, 2.45) is 5.73 Å². The van der Waals surface area contributed by atoms with Gasteiger partial charge in [-0.15, -0.1) is 0 Å². The SMILES string of the molecule is Cc1cc(COc2ccccc2[C@H](C)N)on1. The number of nitrogens with zero attached hydrogens (tertiary/aromatic N) is 1. The molecule has 0 aliphatic rings. The van der Waals surface area contributed by atoms with Crippen LogP contribution in [0.25, 0.3) is 0 Å². The summed E-state index contributed by atoms with van der Waals surface area (Å²) >= 11 is 0. The first-order chi connectivity index (χ1) is 8.16. The molecule has 2 rings (SSSR count).